The number of carbonyl (C=O) groups excluding carboxylic acids is 2. The van der Waals surface area contributed by atoms with E-state index in [0.717, 1.165) is 10.6 Å². The van der Waals surface area contributed by atoms with Crippen LogP contribution in [0.25, 0.3) is 0 Å². The van der Waals surface area contributed by atoms with E-state index in [1.807, 2.05) is 6.92 Å². The maximum absolute atomic E-state index is 13.7. The predicted octanol–water partition coefficient (Wildman–Crippen LogP) is 5.40. The van der Waals surface area contributed by atoms with Gasteiger partial charge in [0, 0.05) is 28.7 Å². The highest BCUT2D eigenvalue weighted by Gasteiger charge is 2.33. The molecule has 192 valence electrons. The molecule has 0 aliphatic carbocycles. The standard InChI is InChI=1S/C23H27Cl4N3O4S/c1-4-12-28-23(32)19(5-2)29(13-15-16(24)8-6-9-17(15)25)21(31)14-30(35(3,33)34)20-11-7-10-18(26)22(20)27/h6-11,19H,4-5,12-14H2,1-3H3,(H,28,32)/t19-/m0/s1. The molecule has 2 aromatic carbocycles. The molecule has 0 spiro atoms. The SMILES string of the molecule is CCCNC(=O)[C@H](CC)N(Cc1c(Cl)cccc1Cl)C(=O)CN(c1cccc(Cl)c1Cl)S(C)(=O)=O. The summed E-state index contributed by atoms with van der Waals surface area (Å²) in [6.45, 7) is 3.38. The van der Waals surface area contributed by atoms with Gasteiger partial charge in [0.1, 0.15) is 12.6 Å². The first-order valence-corrected chi connectivity index (χ1v) is 14.2. The third-order valence-electron chi connectivity index (χ3n) is 5.20. The van der Waals surface area contributed by atoms with E-state index < -0.39 is 28.5 Å². The molecule has 0 saturated carbocycles. The van der Waals surface area contributed by atoms with Crippen molar-refractivity contribution in [3.63, 3.8) is 0 Å². The van der Waals surface area contributed by atoms with Crippen LogP contribution in [0.3, 0.4) is 0 Å². The lowest BCUT2D eigenvalue weighted by Crippen LogP contribution is -2.52. The molecule has 2 aromatic rings. The molecule has 0 saturated heterocycles. The van der Waals surface area contributed by atoms with Crippen molar-refractivity contribution in [1.29, 1.82) is 0 Å². The van der Waals surface area contributed by atoms with Crippen LogP contribution in [0.5, 0.6) is 0 Å². The molecule has 0 radical (unpaired) electrons. The molecule has 1 N–H and O–H groups in total. The molecule has 0 aliphatic rings. The van der Waals surface area contributed by atoms with Crippen molar-refractivity contribution in [3.05, 3.63) is 62.1 Å². The largest absolute Gasteiger partial charge is 0.354 e. The van der Waals surface area contributed by atoms with Gasteiger partial charge in [0.15, 0.2) is 0 Å². The summed E-state index contributed by atoms with van der Waals surface area (Å²) in [6, 6.07) is 8.50. The maximum Gasteiger partial charge on any atom is 0.244 e. The van der Waals surface area contributed by atoms with E-state index in [-0.39, 0.29) is 34.6 Å². The van der Waals surface area contributed by atoms with Crippen LogP contribution in [0.2, 0.25) is 20.1 Å². The molecule has 2 amide bonds. The minimum atomic E-state index is -3.95. The molecular weight excluding hydrogens is 556 g/mol. The number of rotatable bonds is 11. The third kappa shape index (κ3) is 7.64. The molecule has 1 atom stereocenters. The number of sulfonamides is 1. The number of hydrogen-bond donors (Lipinski definition) is 1. The van der Waals surface area contributed by atoms with Crippen LogP contribution in [0.15, 0.2) is 36.4 Å². The number of hydrogen-bond acceptors (Lipinski definition) is 4. The predicted molar refractivity (Wildman–Crippen MR) is 143 cm³/mol. The van der Waals surface area contributed by atoms with Gasteiger partial charge >= 0.3 is 0 Å². The Labute approximate surface area is 226 Å². The van der Waals surface area contributed by atoms with Gasteiger partial charge in [0.2, 0.25) is 21.8 Å². The zero-order valence-corrected chi connectivity index (χ0v) is 23.4. The second-order valence-corrected chi connectivity index (χ2v) is 11.3. The summed E-state index contributed by atoms with van der Waals surface area (Å²) >= 11 is 25.0. The fourth-order valence-electron chi connectivity index (χ4n) is 3.42. The van der Waals surface area contributed by atoms with E-state index in [1.165, 1.54) is 23.1 Å². The molecule has 0 unspecified atom stereocenters. The molecule has 0 fully saturated rings. The van der Waals surface area contributed by atoms with Gasteiger partial charge in [-0.1, -0.05) is 72.4 Å². The highest BCUT2D eigenvalue weighted by Crippen LogP contribution is 2.34. The van der Waals surface area contributed by atoms with Crippen molar-refractivity contribution < 1.29 is 18.0 Å². The quantitative estimate of drug-likeness (QED) is 0.384. The molecule has 0 heterocycles. The van der Waals surface area contributed by atoms with E-state index in [4.69, 9.17) is 46.4 Å². The van der Waals surface area contributed by atoms with Crippen molar-refractivity contribution in [1.82, 2.24) is 10.2 Å². The van der Waals surface area contributed by atoms with E-state index in [1.54, 1.807) is 25.1 Å². The molecular formula is C23H27Cl4N3O4S. The molecule has 0 bridgehead atoms. The summed E-state index contributed by atoms with van der Waals surface area (Å²) in [5, 5.41) is 3.55. The van der Waals surface area contributed by atoms with Crippen molar-refractivity contribution in [2.24, 2.45) is 0 Å². The average Bonchev–Trinajstić information content (AvgIpc) is 2.79. The molecule has 12 heteroatoms. The van der Waals surface area contributed by atoms with Gasteiger partial charge in [-0.2, -0.15) is 0 Å². The van der Waals surface area contributed by atoms with Gasteiger partial charge in [-0.25, -0.2) is 8.42 Å². The maximum atomic E-state index is 13.7. The van der Waals surface area contributed by atoms with Crippen molar-refractivity contribution in [2.75, 3.05) is 23.7 Å². The van der Waals surface area contributed by atoms with Crippen LogP contribution in [-0.2, 0) is 26.2 Å². The highest BCUT2D eigenvalue weighted by atomic mass is 35.5. The number of amides is 2. The van der Waals surface area contributed by atoms with Gasteiger partial charge in [0.05, 0.1) is 22.0 Å². The van der Waals surface area contributed by atoms with Gasteiger partial charge in [-0.3, -0.25) is 13.9 Å². The van der Waals surface area contributed by atoms with E-state index >= 15 is 0 Å². The lowest BCUT2D eigenvalue weighted by Gasteiger charge is -2.33. The van der Waals surface area contributed by atoms with Crippen molar-refractivity contribution >= 4 is 73.9 Å². The Morgan fingerprint density at radius 3 is 2.09 bits per heavy atom. The molecule has 7 nitrogen and oxygen atoms in total. The second-order valence-electron chi connectivity index (χ2n) is 7.78. The van der Waals surface area contributed by atoms with Crippen molar-refractivity contribution in [2.45, 2.75) is 39.3 Å². The summed E-state index contributed by atoms with van der Waals surface area (Å²) in [7, 11) is -3.95. The topological polar surface area (TPSA) is 86.8 Å². The number of halogens is 4. The van der Waals surface area contributed by atoms with Crippen molar-refractivity contribution in [3.8, 4) is 0 Å². The minimum absolute atomic E-state index is 0.0131. The Morgan fingerprint density at radius 1 is 0.971 bits per heavy atom. The number of carbonyl (C=O) groups is 2. The molecule has 0 aliphatic heterocycles. The Balaban J connectivity index is 2.53. The first-order chi connectivity index (χ1) is 16.4. The number of nitrogens with zero attached hydrogens (tertiary/aromatic N) is 2. The van der Waals surface area contributed by atoms with Gasteiger partial charge in [-0.15, -0.1) is 0 Å². The van der Waals surface area contributed by atoms with Gasteiger partial charge in [0.25, 0.3) is 0 Å². The number of anilines is 1. The summed E-state index contributed by atoms with van der Waals surface area (Å²) in [5.41, 5.74) is 0.492. The van der Waals surface area contributed by atoms with E-state index in [9.17, 15) is 18.0 Å². The number of benzene rings is 2. The van der Waals surface area contributed by atoms with Crippen LogP contribution >= 0.6 is 46.4 Å². The smallest absolute Gasteiger partial charge is 0.244 e. The first-order valence-electron chi connectivity index (χ1n) is 10.8. The third-order valence-corrected chi connectivity index (χ3v) is 7.85. The van der Waals surface area contributed by atoms with Crippen LogP contribution in [0.4, 0.5) is 5.69 Å². The lowest BCUT2D eigenvalue weighted by atomic mass is 10.1. The highest BCUT2D eigenvalue weighted by molar-refractivity contribution is 7.92. The summed E-state index contributed by atoms with van der Waals surface area (Å²) < 4.78 is 26.2. The van der Waals surface area contributed by atoms with Crippen LogP contribution < -0.4 is 9.62 Å². The van der Waals surface area contributed by atoms with E-state index in [2.05, 4.69) is 5.32 Å². The summed E-state index contributed by atoms with van der Waals surface area (Å²) in [5.74, 6) is -1.00. The molecule has 0 aromatic heterocycles. The zero-order chi connectivity index (χ0) is 26.3. The molecule has 2 rings (SSSR count). The monoisotopic (exact) mass is 581 g/mol. The Hall–Kier alpha value is -1.71. The zero-order valence-electron chi connectivity index (χ0n) is 19.5. The van der Waals surface area contributed by atoms with Gasteiger partial charge < -0.3 is 10.2 Å². The minimum Gasteiger partial charge on any atom is -0.354 e. The summed E-state index contributed by atoms with van der Waals surface area (Å²) in [4.78, 5) is 27.9. The Morgan fingerprint density at radius 2 is 1.54 bits per heavy atom. The summed E-state index contributed by atoms with van der Waals surface area (Å²) in [6.07, 6.45) is 1.94. The van der Waals surface area contributed by atoms with E-state index in [0.29, 0.717) is 28.6 Å². The fraction of sp³-hybridized carbons (Fsp3) is 0.391. The number of nitrogens with one attached hydrogen (secondary N) is 1. The second kappa shape index (κ2) is 13.0. The van der Waals surface area contributed by atoms with Gasteiger partial charge in [-0.05, 0) is 37.1 Å². The Bertz CT molecular complexity index is 1160. The fourth-order valence-corrected chi connectivity index (χ4v) is 5.24. The lowest BCUT2D eigenvalue weighted by molar-refractivity contribution is -0.140. The van der Waals surface area contributed by atoms with Crippen LogP contribution in [0, 0.1) is 0 Å². The average molecular weight is 583 g/mol. The Kier molecular flexibility index (Phi) is 11.0. The van der Waals surface area contributed by atoms with Crippen LogP contribution in [-0.4, -0.2) is 50.5 Å². The van der Waals surface area contributed by atoms with Crippen LogP contribution in [0.1, 0.15) is 32.3 Å². The molecule has 35 heavy (non-hydrogen) atoms. The first kappa shape index (κ1) is 29.5. The normalized spacial score (nSPS) is 12.2.